The minimum atomic E-state index is -0.207. The zero-order chi connectivity index (χ0) is 14.7. The maximum absolute atomic E-state index is 12.1. The summed E-state index contributed by atoms with van der Waals surface area (Å²) in [5.41, 5.74) is 3.15. The van der Waals surface area contributed by atoms with Crippen LogP contribution in [-0.2, 0) is 4.79 Å². The lowest BCUT2D eigenvalue weighted by Crippen LogP contribution is -2.22. The lowest BCUT2D eigenvalue weighted by Gasteiger charge is -2.12. The number of anilines is 1. The number of benzene rings is 1. The van der Waals surface area contributed by atoms with Gasteiger partial charge >= 0.3 is 0 Å². The first-order valence-corrected chi connectivity index (χ1v) is 7.32. The molecule has 1 unspecified atom stereocenters. The summed E-state index contributed by atoms with van der Waals surface area (Å²) in [5, 5.41) is 6.26. The van der Waals surface area contributed by atoms with Gasteiger partial charge in [-0.3, -0.25) is 10.1 Å². The van der Waals surface area contributed by atoms with Gasteiger partial charge in [-0.1, -0.05) is 22.9 Å². The van der Waals surface area contributed by atoms with Crippen molar-refractivity contribution in [3.8, 4) is 0 Å². The highest BCUT2D eigenvalue weighted by molar-refractivity contribution is 8.00. The molecule has 0 radical (unpaired) electrons. The molecule has 0 saturated heterocycles. The third kappa shape index (κ3) is 3.63. The van der Waals surface area contributed by atoms with Crippen molar-refractivity contribution in [3.05, 3.63) is 41.1 Å². The van der Waals surface area contributed by atoms with Crippen molar-refractivity contribution >= 4 is 23.6 Å². The molecule has 1 heterocycles. The fourth-order valence-corrected chi connectivity index (χ4v) is 2.76. The van der Waals surface area contributed by atoms with Gasteiger partial charge in [0.25, 0.3) is 0 Å². The smallest absolute Gasteiger partial charge is 0.239 e. The first-order valence-electron chi connectivity index (χ1n) is 6.44. The van der Waals surface area contributed by atoms with Crippen LogP contribution in [0.5, 0.6) is 0 Å². The molecule has 4 nitrogen and oxygen atoms in total. The van der Waals surface area contributed by atoms with Gasteiger partial charge in [0.1, 0.15) is 0 Å². The molecule has 106 valence electrons. The van der Waals surface area contributed by atoms with Crippen molar-refractivity contribution in [2.45, 2.75) is 37.8 Å². The third-order valence-electron chi connectivity index (χ3n) is 2.88. The highest BCUT2D eigenvalue weighted by Gasteiger charge is 2.17. The van der Waals surface area contributed by atoms with Gasteiger partial charge in [0, 0.05) is 11.0 Å². The topological polar surface area (TPSA) is 55.1 Å². The van der Waals surface area contributed by atoms with Crippen LogP contribution in [0.15, 0.2) is 33.7 Å². The lowest BCUT2D eigenvalue weighted by atomic mass is 10.2. The molecule has 1 aromatic heterocycles. The zero-order valence-corrected chi connectivity index (χ0v) is 12.9. The summed E-state index contributed by atoms with van der Waals surface area (Å²) >= 11 is 1.54. The predicted octanol–water partition coefficient (Wildman–Crippen LogP) is 3.72. The van der Waals surface area contributed by atoms with Crippen LogP contribution in [0.4, 0.5) is 5.88 Å². The number of amides is 1. The van der Waals surface area contributed by atoms with E-state index in [0.717, 1.165) is 10.6 Å². The van der Waals surface area contributed by atoms with Crippen molar-refractivity contribution < 1.29 is 9.32 Å². The number of carbonyl (C=O) groups excluding carboxylic acids is 1. The van der Waals surface area contributed by atoms with E-state index in [9.17, 15) is 4.79 Å². The van der Waals surface area contributed by atoms with Gasteiger partial charge < -0.3 is 4.52 Å². The van der Waals surface area contributed by atoms with Crippen molar-refractivity contribution in [3.63, 3.8) is 0 Å². The Morgan fingerprint density at radius 3 is 2.65 bits per heavy atom. The van der Waals surface area contributed by atoms with Crippen molar-refractivity contribution in [1.82, 2.24) is 5.16 Å². The molecule has 5 heteroatoms. The van der Waals surface area contributed by atoms with Crippen LogP contribution in [0.3, 0.4) is 0 Å². The van der Waals surface area contributed by atoms with Gasteiger partial charge in [0.05, 0.1) is 10.9 Å². The molecule has 0 aliphatic carbocycles. The van der Waals surface area contributed by atoms with Crippen LogP contribution in [0, 0.1) is 20.8 Å². The van der Waals surface area contributed by atoms with Crippen molar-refractivity contribution in [2.24, 2.45) is 0 Å². The molecule has 0 fully saturated rings. The van der Waals surface area contributed by atoms with Gasteiger partial charge in [-0.2, -0.15) is 0 Å². The fourth-order valence-electron chi connectivity index (χ4n) is 1.82. The summed E-state index contributed by atoms with van der Waals surface area (Å²) in [6, 6.07) is 7.93. The standard InChI is InChI=1S/C15H18N2O2S/c1-9-5-6-13(10(2)7-9)20-12(4)15(18)16-14-8-11(3)17-19-14/h5-8,12H,1-4H3,(H,16,18). The Labute approximate surface area is 122 Å². The SMILES string of the molecule is Cc1ccc(SC(C)C(=O)Nc2cc(C)no2)c(C)c1. The second-order valence-corrected chi connectivity index (χ2v) is 6.23. The average Bonchev–Trinajstić information content (AvgIpc) is 2.78. The molecular weight excluding hydrogens is 272 g/mol. The molecule has 0 saturated carbocycles. The second kappa shape index (κ2) is 6.13. The number of thioether (sulfide) groups is 1. The number of nitrogens with zero attached hydrogens (tertiary/aromatic N) is 1. The predicted molar refractivity (Wildman–Crippen MR) is 81.1 cm³/mol. The van der Waals surface area contributed by atoms with Crippen LogP contribution >= 0.6 is 11.8 Å². The first kappa shape index (κ1) is 14.7. The van der Waals surface area contributed by atoms with E-state index < -0.39 is 0 Å². The zero-order valence-electron chi connectivity index (χ0n) is 12.1. The van der Waals surface area contributed by atoms with E-state index in [1.54, 1.807) is 6.07 Å². The average molecular weight is 290 g/mol. The normalized spacial score (nSPS) is 12.2. The molecule has 1 aromatic carbocycles. The van der Waals surface area contributed by atoms with E-state index in [0.29, 0.717) is 5.88 Å². The van der Waals surface area contributed by atoms with Gasteiger partial charge in [0.15, 0.2) is 0 Å². The fraction of sp³-hybridized carbons (Fsp3) is 0.333. The van der Waals surface area contributed by atoms with Crippen molar-refractivity contribution in [1.29, 1.82) is 0 Å². The number of carbonyl (C=O) groups is 1. The van der Waals surface area contributed by atoms with E-state index in [-0.39, 0.29) is 11.2 Å². The number of aryl methyl sites for hydroxylation is 3. The Balaban J connectivity index is 2.00. The highest BCUT2D eigenvalue weighted by atomic mass is 32.2. The van der Waals surface area contributed by atoms with E-state index in [1.165, 1.54) is 22.9 Å². The van der Waals surface area contributed by atoms with Crippen LogP contribution in [0.2, 0.25) is 0 Å². The van der Waals surface area contributed by atoms with Crippen LogP contribution in [0.25, 0.3) is 0 Å². The summed E-state index contributed by atoms with van der Waals surface area (Å²) < 4.78 is 4.98. The maximum Gasteiger partial charge on any atom is 0.239 e. The molecule has 0 aliphatic heterocycles. The number of hydrogen-bond acceptors (Lipinski definition) is 4. The monoisotopic (exact) mass is 290 g/mol. The molecule has 0 bridgehead atoms. The van der Waals surface area contributed by atoms with Crippen LogP contribution in [0.1, 0.15) is 23.7 Å². The molecule has 20 heavy (non-hydrogen) atoms. The van der Waals surface area contributed by atoms with Gasteiger partial charge in [0.2, 0.25) is 11.8 Å². The van der Waals surface area contributed by atoms with Gasteiger partial charge in [-0.05, 0) is 39.3 Å². The molecule has 2 aromatic rings. The molecule has 1 amide bonds. The largest absolute Gasteiger partial charge is 0.338 e. The highest BCUT2D eigenvalue weighted by Crippen LogP contribution is 2.28. The summed E-state index contributed by atoms with van der Waals surface area (Å²) in [7, 11) is 0. The third-order valence-corrected chi connectivity index (χ3v) is 4.16. The Bertz CT molecular complexity index is 622. The molecule has 1 N–H and O–H groups in total. The Morgan fingerprint density at radius 1 is 1.30 bits per heavy atom. The molecule has 1 atom stereocenters. The minimum Gasteiger partial charge on any atom is -0.338 e. The van der Waals surface area contributed by atoms with E-state index in [2.05, 4.69) is 42.5 Å². The summed E-state index contributed by atoms with van der Waals surface area (Å²) in [4.78, 5) is 13.2. The van der Waals surface area contributed by atoms with Crippen LogP contribution in [-0.4, -0.2) is 16.3 Å². The maximum atomic E-state index is 12.1. The summed E-state index contributed by atoms with van der Waals surface area (Å²) in [6.07, 6.45) is 0. The second-order valence-electron chi connectivity index (χ2n) is 4.85. The molecule has 0 spiro atoms. The lowest BCUT2D eigenvalue weighted by molar-refractivity contribution is -0.115. The molecular formula is C15H18N2O2S. The van der Waals surface area contributed by atoms with Crippen molar-refractivity contribution in [2.75, 3.05) is 5.32 Å². The van der Waals surface area contributed by atoms with Crippen LogP contribution < -0.4 is 5.32 Å². The first-order chi connectivity index (χ1) is 9.45. The summed E-state index contributed by atoms with van der Waals surface area (Å²) in [5.74, 6) is 0.298. The van der Waals surface area contributed by atoms with E-state index in [4.69, 9.17) is 4.52 Å². The van der Waals surface area contributed by atoms with Gasteiger partial charge in [-0.15, -0.1) is 11.8 Å². The Hall–Kier alpha value is -1.75. The number of hydrogen-bond donors (Lipinski definition) is 1. The quantitative estimate of drug-likeness (QED) is 0.872. The minimum absolute atomic E-state index is 0.0916. The summed E-state index contributed by atoms with van der Waals surface area (Å²) in [6.45, 7) is 7.80. The number of rotatable bonds is 4. The van der Waals surface area contributed by atoms with E-state index >= 15 is 0 Å². The van der Waals surface area contributed by atoms with Gasteiger partial charge in [-0.25, -0.2) is 0 Å². The molecule has 0 aliphatic rings. The Kier molecular flexibility index (Phi) is 4.49. The number of aromatic nitrogens is 1. The molecule has 2 rings (SSSR count). The van der Waals surface area contributed by atoms with E-state index in [1.807, 2.05) is 13.8 Å². The number of nitrogens with one attached hydrogen (secondary N) is 1. The Morgan fingerprint density at radius 2 is 2.05 bits per heavy atom.